The van der Waals surface area contributed by atoms with Gasteiger partial charge in [0, 0.05) is 6.42 Å². The lowest BCUT2D eigenvalue weighted by molar-refractivity contribution is -0.148. The van der Waals surface area contributed by atoms with Crippen molar-refractivity contribution in [1.82, 2.24) is 4.90 Å². The number of methoxy groups -OCH3 is 1. The Morgan fingerprint density at radius 2 is 2.04 bits per heavy atom. The Morgan fingerprint density at radius 1 is 1.28 bits per heavy atom. The average Bonchev–Trinajstić information content (AvgIpc) is 3.24. The molecule has 4 nitrogen and oxygen atoms in total. The summed E-state index contributed by atoms with van der Waals surface area (Å²) in [6.45, 7) is 0.0370. The van der Waals surface area contributed by atoms with Gasteiger partial charge < -0.3 is 9.64 Å². The van der Waals surface area contributed by atoms with Gasteiger partial charge in [-0.05, 0) is 42.9 Å². The smallest absolute Gasteiger partial charge is 0.308 e. The van der Waals surface area contributed by atoms with Crippen molar-refractivity contribution in [2.24, 2.45) is 17.3 Å². The maximum atomic E-state index is 14.1. The summed E-state index contributed by atoms with van der Waals surface area (Å²) in [4.78, 5) is 26.6. The van der Waals surface area contributed by atoms with Crippen molar-refractivity contribution in [2.75, 3.05) is 13.7 Å². The number of hydrogen-bond donors (Lipinski definition) is 0. The van der Waals surface area contributed by atoms with E-state index in [-0.39, 0.29) is 42.5 Å². The van der Waals surface area contributed by atoms with Gasteiger partial charge in [0.2, 0.25) is 5.91 Å². The van der Waals surface area contributed by atoms with Crippen molar-refractivity contribution in [3.8, 4) is 0 Å². The lowest BCUT2D eigenvalue weighted by atomic mass is 9.68. The number of carbonyl (C=O) groups is 2. The SMILES string of the molecule is COC(=O)[C@@H]1CC2(C(=O)N3CC(F)CC3c3cccc(F)c3)CC1C2. The Balaban J connectivity index is 1.56. The van der Waals surface area contributed by atoms with E-state index in [1.165, 1.54) is 19.2 Å². The monoisotopic (exact) mass is 349 g/mol. The summed E-state index contributed by atoms with van der Waals surface area (Å²) in [5.41, 5.74) is 0.0578. The third kappa shape index (κ3) is 2.53. The highest BCUT2D eigenvalue weighted by atomic mass is 19.1. The lowest BCUT2D eigenvalue weighted by Crippen LogP contribution is -2.46. The zero-order valence-electron chi connectivity index (χ0n) is 14.1. The second-order valence-corrected chi connectivity index (χ2v) is 7.64. The summed E-state index contributed by atoms with van der Waals surface area (Å²) in [5, 5.41) is 0. The number of benzene rings is 1. The van der Waals surface area contributed by atoms with E-state index in [9.17, 15) is 18.4 Å². The van der Waals surface area contributed by atoms with Gasteiger partial charge in [-0.25, -0.2) is 8.78 Å². The van der Waals surface area contributed by atoms with Crippen LogP contribution in [0.2, 0.25) is 0 Å². The molecule has 1 heterocycles. The van der Waals surface area contributed by atoms with E-state index < -0.39 is 17.6 Å². The number of esters is 1. The zero-order valence-corrected chi connectivity index (χ0v) is 14.1. The van der Waals surface area contributed by atoms with E-state index in [0.717, 1.165) is 0 Å². The highest BCUT2D eigenvalue weighted by Crippen LogP contribution is 2.63. The van der Waals surface area contributed by atoms with Gasteiger partial charge in [-0.15, -0.1) is 0 Å². The van der Waals surface area contributed by atoms with Crippen LogP contribution in [-0.2, 0) is 14.3 Å². The number of hydrogen-bond acceptors (Lipinski definition) is 3. The number of likely N-dealkylation sites (tertiary alicyclic amines) is 1. The summed E-state index contributed by atoms with van der Waals surface area (Å²) in [6, 6.07) is 5.59. The molecule has 2 bridgehead atoms. The third-order valence-corrected chi connectivity index (χ3v) is 6.19. The summed E-state index contributed by atoms with van der Waals surface area (Å²) >= 11 is 0. The van der Waals surface area contributed by atoms with E-state index in [1.54, 1.807) is 17.0 Å². The highest BCUT2D eigenvalue weighted by Gasteiger charge is 2.64. The number of alkyl halides is 1. The van der Waals surface area contributed by atoms with Crippen LogP contribution < -0.4 is 0 Å². The molecule has 4 aliphatic rings. The first kappa shape index (κ1) is 16.5. The van der Waals surface area contributed by atoms with E-state index in [4.69, 9.17) is 4.74 Å². The van der Waals surface area contributed by atoms with Crippen LogP contribution in [0.4, 0.5) is 8.78 Å². The summed E-state index contributed by atoms with van der Waals surface area (Å²) in [6.07, 6.45) is 0.883. The average molecular weight is 349 g/mol. The zero-order chi connectivity index (χ0) is 17.8. The first-order valence-corrected chi connectivity index (χ1v) is 8.72. The van der Waals surface area contributed by atoms with Gasteiger partial charge >= 0.3 is 5.97 Å². The topological polar surface area (TPSA) is 46.6 Å². The molecule has 1 aliphatic heterocycles. The number of ether oxygens (including phenoxy) is 1. The molecular weight excluding hydrogens is 328 g/mol. The number of amides is 1. The van der Waals surface area contributed by atoms with E-state index in [2.05, 4.69) is 0 Å². The van der Waals surface area contributed by atoms with Gasteiger partial charge in [0.05, 0.1) is 31.0 Å². The molecule has 134 valence electrons. The van der Waals surface area contributed by atoms with Crippen molar-refractivity contribution in [2.45, 2.75) is 37.9 Å². The highest BCUT2D eigenvalue weighted by molar-refractivity contribution is 5.87. The summed E-state index contributed by atoms with van der Waals surface area (Å²) in [5.74, 6) is -0.785. The lowest BCUT2D eigenvalue weighted by Gasteiger charge is -2.41. The molecule has 2 unspecified atom stereocenters. The molecule has 3 aliphatic carbocycles. The molecule has 25 heavy (non-hydrogen) atoms. The van der Waals surface area contributed by atoms with Crippen LogP contribution in [0.3, 0.4) is 0 Å². The van der Waals surface area contributed by atoms with Gasteiger partial charge in [0.25, 0.3) is 0 Å². The second-order valence-electron chi connectivity index (χ2n) is 7.64. The van der Waals surface area contributed by atoms with E-state index in [1.807, 2.05) is 0 Å². The Kier molecular flexibility index (Phi) is 3.81. The van der Waals surface area contributed by atoms with Crippen molar-refractivity contribution in [3.05, 3.63) is 35.6 Å². The molecule has 3 atom stereocenters. The van der Waals surface area contributed by atoms with Crippen LogP contribution in [0.5, 0.6) is 0 Å². The standard InChI is InChI=1S/C19H21F2NO3/c1-25-17(23)15-9-19(7-12(15)8-19)18(24)22-10-14(21)6-16(22)11-3-2-4-13(20)5-11/h2-5,12,14-16H,6-10H2,1H3/t12?,14?,15-,16?,19?/m1/s1. The molecule has 0 spiro atoms. The van der Waals surface area contributed by atoms with Crippen LogP contribution in [-0.4, -0.2) is 36.6 Å². The quantitative estimate of drug-likeness (QED) is 0.788. The Morgan fingerprint density at radius 3 is 2.72 bits per heavy atom. The van der Waals surface area contributed by atoms with Crippen molar-refractivity contribution < 1.29 is 23.1 Å². The van der Waals surface area contributed by atoms with Crippen LogP contribution >= 0.6 is 0 Å². The molecule has 1 aromatic carbocycles. The number of rotatable bonds is 3. The fourth-order valence-corrected chi connectivity index (χ4v) is 5.02. The largest absolute Gasteiger partial charge is 0.469 e. The second kappa shape index (κ2) is 5.78. The normalized spacial score (nSPS) is 36.2. The van der Waals surface area contributed by atoms with Crippen LogP contribution in [0.15, 0.2) is 24.3 Å². The summed E-state index contributed by atoms with van der Waals surface area (Å²) in [7, 11) is 1.36. The van der Waals surface area contributed by atoms with Gasteiger partial charge in [0.1, 0.15) is 12.0 Å². The third-order valence-electron chi connectivity index (χ3n) is 6.19. The van der Waals surface area contributed by atoms with Crippen LogP contribution in [0.1, 0.15) is 37.3 Å². The Bertz CT molecular complexity index is 716. The molecule has 5 rings (SSSR count). The predicted molar refractivity (Wildman–Crippen MR) is 85.6 cm³/mol. The molecular formula is C19H21F2NO3. The molecule has 0 aromatic heterocycles. The number of nitrogens with zero attached hydrogens (tertiary/aromatic N) is 1. The molecule has 1 aromatic rings. The molecule has 0 N–H and O–H groups in total. The van der Waals surface area contributed by atoms with Crippen molar-refractivity contribution in [1.29, 1.82) is 0 Å². The molecule has 0 radical (unpaired) electrons. The Hall–Kier alpha value is -1.98. The van der Waals surface area contributed by atoms with Crippen molar-refractivity contribution >= 4 is 11.9 Å². The molecule has 6 heteroatoms. The van der Waals surface area contributed by atoms with Crippen LogP contribution in [0.25, 0.3) is 0 Å². The van der Waals surface area contributed by atoms with Crippen molar-refractivity contribution in [3.63, 3.8) is 0 Å². The van der Waals surface area contributed by atoms with E-state index >= 15 is 0 Å². The molecule has 3 saturated carbocycles. The molecule has 1 saturated heterocycles. The van der Waals surface area contributed by atoms with Gasteiger partial charge in [0.15, 0.2) is 0 Å². The summed E-state index contributed by atoms with van der Waals surface area (Å²) < 4.78 is 32.5. The van der Waals surface area contributed by atoms with Gasteiger partial charge in [-0.2, -0.15) is 0 Å². The van der Waals surface area contributed by atoms with Gasteiger partial charge in [-0.1, -0.05) is 12.1 Å². The minimum Gasteiger partial charge on any atom is -0.469 e. The van der Waals surface area contributed by atoms with Crippen LogP contribution in [0, 0.1) is 23.1 Å². The molecule has 1 amide bonds. The fourth-order valence-electron chi connectivity index (χ4n) is 5.02. The maximum absolute atomic E-state index is 14.1. The maximum Gasteiger partial charge on any atom is 0.308 e. The minimum absolute atomic E-state index is 0.0370. The Labute approximate surface area is 145 Å². The van der Waals surface area contributed by atoms with Gasteiger partial charge in [-0.3, -0.25) is 9.59 Å². The number of carbonyl (C=O) groups excluding carboxylic acids is 2. The van der Waals surface area contributed by atoms with E-state index in [0.29, 0.717) is 24.8 Å². The molecule has 4 fully saturated rings. The minimum atomic E-state index is -1.11. The number of halogens is 2. The fraction of sp³-hybridized carbons (Fsp3) is 0.579. The predicted octanol–water partition coefficient (Wildman–Crippen LogP) is 3.03. The first-order valence-electron chi connectivity index (χ1n) is 8.72. The first-order chi connectivity index (χ1) is 11.9. The number of fused-ring (bicyclic) bond motifs is 1.